The molecule has 2 amide bonds. The van der Waals surface area contributed by atoms with Crippen molar-refractivity contribution < 1.29 is 9.72 Å². The van der Waals surface area contributed by atoms with Gasteiger partial charge in [-0.05, 0) is 37.9 Å². The molecule has 0 radical (unpaired) electrons. The standard InChI is InChI=1S/C13H18N4O3/c18-13(15-9-1-8-14-10-2-3-10)16-11-4-6-12(7-5-11)17(19)20/h4-7,10,14H,1-3,8-9H2,(H2,15,16,18). The zero-order chi connectivity index (χ0) is 14.4. The summed E-state index contributed by atoms with van der Waals surface area (Å²) in [4.78, 5) is 21.6. The number of amides is 2. The maximum atomic E-state index is 11.6. The van der Waals surface area contributed by atoms with E-state index in [2.05, 4.69) is 16.0 Å². The summed E-state index contributed by atoms with van der Waals surface area (Å²) in [5.74, 6) is 0. The summed E-state index contributed by atoms with van der Waals surface area (Å²) >= 11 is 0. The molecule has 0 bridgehead atoms. The Morgan fingerprint density at radius 2 is 1.95 bits per heavy atom. The fraction of sp³-hybridized carbons (Fsp3) is 0.462. The number of carbonyl (C=O) groups is 1. The number of rotatable bonds is 7. The third kappa shape index (κ3) is 4.85. The van der Waals surface area contributed by atoms with E-state index in [1.165, 1.54) is 37.1 Å². The van der Waals surface area contributed by atoms with Gasteiger partial charge >= 0.3 is 6.03 Å². The van der Waals surface area contributed by atoms with Crippen LogP contribution in [0.2, 0.25) is 0 Å². The highest BCUT2D eigenvalue weighted by molar-refractivity contribution is 5.89. The molecule has 0 heterocycles. The van der Waals surface area contributed by atoms with Crippen LogP contribution in [-0.4, -0.2) is 30.1 Å². The minimum Gasteiger partial charge on any atom is -0.338 e. The Labute approximate surface area is 116 Å². The van der Waals surface area contributed by atoms with Crippen molar-refractivity contribution in [3.8, 4) is 0 Å². The van der Waals surface area contributed by atoms with Crippen molar-refractivity contribution in [2.24, 2.45) is 0 Å². The van der Waals surface area contributed by atoms with Crippen molar-refractivity contribution in [1.82, 2.24) is 10.6 Å². The first kappa shape index (κ1) is 14.3. The fourth-order valence-corrected chi connectivity index (χ4v) is 1.73. The second kappa shape index (κ2) is 6.85. The molecule has 1 fully saturated rings. The molecular weight excluding hydrogens is 260 g/mol. The number of nitrogens with zero attached hydrogens (tertiary/aromatic N) is 1. The average molecular weight is 278 g/mol. The average Bonchev–Trinajstić information content (AvgIpc) is 3.23. The molecular formula is C13H18N4O3. The van der Waals surface area contributed by atoms with Crippen LogP contribution in [0.3, 0.4) is 0 Å². The Morgan fingerprint density at radius 3 is 2.55 bits per heavy atom. The maximum absolute atomic E-state index is 11.6. The van der Waals surface area contributed by atoms with E-state index in [1.54, 1.807) is 0 Å². The van der Waals surface area contributed by atoms with E-state index >= 15 is 0 Å². The zero-order valence-corrected chi connectivity index (χ0v) is 11.1. The monoisotopic (exact) mass is 278 g/mol. The number of non-ortho nitro benzene ring substituents is 1. The predicted molar refractivity (Wildman–Crippen MR) is 75.8 cm³/mol. The SMILES string of the molecule is O=C(NCCCNC1CC1)Nc1ccc([N+](=O)[O-])cc1. The number of hydrogen-bond donors (Lipinski definition) is 3. The number of nitro benzene ring substituents is 1. The van der Waals surface area contributed by atoms with Crippen LogP contribution in [0, 0.1) is 10.1 Å². The van der Waals surface area contributed by atoms with Crippen molar-refractivity contribution in [2.75, 3.05) is 18.4 Å². The summed E-state index contributed by atoms with van der Waals surface area (Å²) in [7, 11) is 0. The van der Waals surface area contributed by atoms with E-state index in [4.69, 9.17) is 0 Å². The van der Waals surface area contributed by atoms with Crippen LogP contribution in [0.25, 0.3) is 0 Å². The highest BCUT2D eigenvalue weighted by atomic mass is 16.6. The fourth-order valence-electron chi connectivity index (χ4n) is 1.73. The number of carbonyl (C=O) groups excluding carboxylic acids is 1. The number of anilines is 1. The van der Waals surface area contributed by atoms with Gasteiger partial charge in [0, 0.05) is 30.4 Å². The van der Waals surface area contributed by atoms with Gasteiger partial charge in [-0.2, -0.15) is 0 Å². The molecule has 2 rings (SSSR count). The number of urea groups is 1. The van der Waals surface area contributed by atoms with E-state index in [9.17, 15) is 14.9 Å². The van der Waals surface area contributed by atoms with Gasteiger partial charge in [0.2, 0.25) is 0 Å². The van der Waals surface area contributed by atoms with Crippen LogP contribution in [0.5, 0.6) is 0 Å². The van der Waals surface area contributed by atoms with E-state index in [-0.39, 0.29) is 11.7 Å². The molecule has 1 aromatic rings. The topological polar surface area (TPSA) is 96.3 Å². The molecule has 108 valence electrons. The maximum Gasteiger partial charge on any atom is 0.319 e. The molecule has 0 aromatic heterocycles. The minimum absolute atomic E-state index is 0.00195. The molecule has 0 spiro atoms. The van der Waals surface area contributed by atoms with Gasteiger partial charge in [-0.25, -0.2) is 4.79 Å². The van der Waals surface area contributed by atoms with Gasteiger partial charge in [-0.1, -0.05) is 0 Å². The minimum atomic E-state index is -0.475. The van der Waals surface area contributed by atoms with Crippen molar-refractivity contribution in [2.45, 2.75) is 25.3 Å². The smallest absolute Gasteiger partial charge is 0.319 e. The number of benzene rings is 1. The van der Waals surface area contributed by atoms with Crippen LogP contribution in [-0.2, 0) is 0 Å². The van der Waals surface area contributed by atoms with Gasteiger partial charge in [-0.3, -0.25) is 10.1 Å². The largest absolute Gasteiger partial charge is 0.338 e. The lowest BCUT2D eigenvalue weighted by molar-refractivity contribution is -0.384. The summed E-state index contributed by atoms with van der Waals surface area (Å²) in [6.07, 6.45) is 3.40. The molecule has 1 aliphatic carbocycles. The molecule has 0 unspecified atom stereocenters. The van der Waals surface area contributed by atoms with Crippen LogP contribution in [0.4, 0.5) is 16.2 Å². The number of nitro groups is 1. The van der Waals surface area contributed by atoms with Gasteiger partial charge in [0.05, 0.1) is 4.92 Å². The number of nitrogens with one attached hydrogen (secondary N) is 3. The Bertz CT molecular complexity index is 471. The lowest BCUT2D eigenvalue weighted by Crippen LogP contribution is -2.31. The first-order chi connectivity index (χ1) is 9.65. The lowest BCUT2D eigenvalue weighted by atomic mass is 10.3. The predicted octanol–water partition coefficient (Wildman–Crippen LogP) is 1.86. The van der Waals surface area contributed by atoms with Gasteiger partial charge in [0.1, 0.15) is 0 Å². The first-order valence-electron chi connectivity index (χ1n) is 6.68. The molecule has 7 heteroatoms. The van der Waals surface area contributed by atoms with Gasteiger partial charge in [0.25, 0.3) is 5.69 Å². The molecule has 0 atom stereocenters. The Kier molecular flexibility index (Phi) is 4.89. The molecule has 0 aliphatic heterocycles. The van der Waals surface area contributed by atoms with Crippen LogP contribution >= 0.6 is 0 Å². The summed E-state index contributed by atoms with van der Waals surface area (Å²) < 4.78 is 0. The number of hydrogen-bond acceptors (Lipinski definition) is 4. The first-order valence-corrected chi connectivity index (χ1v) is 6.68. The summed E-state index contributed by atoms with van der Waals surface area (Å²) in [6, 6.07) is 6.11. The van der Waals surface area contributed by atoms with Crippen LogP contribution in [0.1, 0.15) is 19.3 Å². The molecule has 0 saturated heterocycles. The molecule has 1 aliphatic rings. The molecule has 7 nitrogen and oxygen atoms in total. The normalized spacial score (nSPS) is 13.8. The van der Waals surface area contributed by atoms with Crippen molar-refractivity contribution in [1.29, 1.82) is 0 Å². The lowest BCUT2D eigenvalue weighted by Gasteiger charge is -2.07. The quantitative estimate of drug-likeness (QED) is 0.403. The van der Waals surface area contributed by atoms with E-state index < -0.39 is 4.92 Å². The molecule has 20 heavy (non-hydrogen) atoms. The Hall–Kier alpha value is -2.15. The van der Waals surface area contributed by atoms with Crippen LogP contribution in [0.15, 0.2) is 24.3 Å². The highest BCUT2D eigenvalue weighted by Crippen LogP contribution is 2.18. The van der Waals surface area contributed by atoms with Gasteiger partial charge in [0.15, 0.2) is 0 Å². The summed E-state index contributed by atoms with van der Waals surface area (Å²) in [6.45, 7) is 1.50. The van der Waals surface area contributed by atoms with Crippen molar-refractivity contribution >= 4 is 17.4 Å². The summed E-state index contributed by atoms with van der Waals surface area (Å²) in [5, 5.41) is 19.2. The van der Waals surface area contributed by atoms with E-state index in [0.717, 1.165) is 13.0 Å². The molecule has 1 saturated carbocycles. The van der Waals surface area contributed by atoms with Gasteiger partial charge in [-0.15, -0.1) is 0 Å². The Balaban J connectivity index is 1.63. The molecule has 3 N–H and O–H groups in total. The third-order valence-electron chi connectivity index (χ3n) is 2.99. The van der Waals surface area contributed by atoms with Crippen LogP contribution < -0.4 is 16.0 Å². The van der Waals surface area contributed by atoms with E-state index in [0.29, 0.717) is 18.3 Å². The third-order valence-corrected chi connectivity index (χ3v) is 2.99. The van der Waals surface area contributed by atoms with Crippen molar-refractivity contribution in [3.05, 3.63) is 34.4 Å². The zero-order valence-electron chi connectivity index (χ0n) is 11.1. The van der Waals surface area contributed by atoms with Gasteiger partial charge < -0.3 is 16.0 Å². The second-order valence-electron chi connectivity index (χ2n) is 4.77. The second-order valence-corrected chi connectivity index (χ2v) is 4.77. The summed E-state index contributed by atoms with van der Waals surface area (Å²) in [5.41, 5.74) is 0.534. The molecule has 1 aromatic carbocycles. The van der Waals surface area contributed by atoms with E-state index in [1.807, 2.05) is 0 Å². The Morgan fingerprint density at radius 1 is 1.25 bits per heavy atom. The van der Waals surface area contributed by atoms with Crippen molar-refractivity contribution in [3.63, 3.8) is 0 Å². The highest BCUT2D eigenvalue weighted by Gasteiger charge is 2.19.